The molecule has 0 aliphatic heterocycles. The molecule has 0 spiro atoms. The first-order valence-electron chi connectivity index (χ1n) is 4.50. The largest absolute Gasteiger partial charge is 0.338 e. The van der Waals surface area contributed by atoms with E-state index in [0.29, 0.717) is 0 Å². The molecule has 1 heterocycles. The molecule has 13 heavy (non-hydrogen) atoms. The van der Waals surface area contributed by atoms with Gasteiger partial charge >= 0.3 is 0 Å². The molecule has 3 nitrogen and oxygen atoms in total. The smallest absolute Gasteiger partial charge is 0.131 e. The first kappa shape index (κ1) is 9.71. The summed E-state index contributed by atoms with van der Waals surface area (Å²) in [6, 6.07) is 5.77. The van der Waals surface area contributed by atoms with Crippen molar-refractivity contribution in [2.75, 3.05) is 0 Å². The Morgan fingerprint density at radius 3 is 2.92 bits per heavy atom. The van der Waals surface area contributed by atoms with Crippen molar-refractivity contribution in [1.82, 2.24) is 14.8 Å². The van der Waals surface area contributed by atoms with Crippen LogP contribution in [0.1, 0.15) is 19.2 Å². The van der Waals surface area contributed by atoms with Gasteiger partial charge in [-0.2, -0.15) is 5.10 Å². The molecule has 1 rings (SSSR count). The first-order valence-corrected chi connectivity index (χ1v) is 4.50. The Morgan fingerprint density at radius 2 is 2.15 bits per heavy atom. The van der Waals surface area contributed by atoms with Crippen LogP contribution < -0.4 is 0 Å². The number of aryl methyl sites for hydroxylation is 2. The van der Waals surface area contributed by atoms with E-state index < -0.39 is 0 Å². The Hall–Kier alpha value is -1.38. The van der Waals surface area contributed by atoms with Crippen molar-refractivity contribution in [1.29, 1.82) is 0 Å². The molecule has 3 heteroatoms. The number of nitrogens with zero attached hydrogens (tertiary/aromatic N) is 3. The van der Waals surface area contributed by atoms with Crippen molar-refractivity contribution in [3.05, 3.63) is 36.4 Å². The summed E-state index contributed by atoms with van der Waals surface area (Å²) in [5.74, 6) is 0.999. The van der Waals surface area contributed by atoms with Crippen LogP contribution in [0.2, 0.25) is 0 Å². The third kappa shape index (κ3) is 3.23. The van der Waals surface area contributed by atoms with Gasteiger partial charge in [0.1, 0.15) is 5.82 Å². The molecule has 0 aromatic carbocycles. The van der Waals surface area contributed by atoms with Gasteiger partial charge in [-0.25, -0.2) is 0 Å². The highest BCUT2D eigenvalue weighted by Crippen LogP contribution is 1.93. The predicted molar refractivity (Wildman–Crippen MR) is 52.6 cm³/mol. The maximum Gasteiger partial charge on any atom is 0.131 e. The molecule has 0 unspecified atom stereocenters. The molecule has 0 aliphatic rings. The summed E-state index contributed by atoms with van der Waals surface area (Å²) in [6.45, 7) is 2.13. The normalized spacial score (nSPS) is 9.38. The Labute approximate surface area is 78.8 Å². The lowest BCUT2D eigenvalue weighted by Crippen LogP contribution is -2.01. The fourth-order valence-corrected chi connectivity index (χ4v) is 1.04. The SMILES string of the molecule is CCCc1nncccccn1C. The van der Waals surface area contributed by atoms with Crippen molar-refractivity contribution < 1.29 is 0 Å². The van der Waals surface area contributed by atoms with E-state index in [1.54, 1.807) is 6.20 Å². The first-order chi connectivity index (χ1) is 6.34. The van der Waals surface area contributed by atoms with E-state index in [1.165, 1.54) is 0 Å². The molecule has 0 N–H and O–H groups in total. The van der Waals surface area contributed by atoms with Crippen molar-refractivity contribution >= 4 is 0 Å². The fraction of sp³-hybridized carbons (Fsp3) is 0.400. The maximum absolute atomic E-state index is 4.12. The van der Waals surface area contributed by atoms with Crippen LogP contribution in [0.3, 0.4) is 0 Å². The highest BCUT2D eigenvalue weighted by Gasteiger charge is 1.91. The lowest BCUT2D eigenvalue weighted by molar-refractivity contribution is 0.710. The average Bonchev–Trinajstić information content (AvgIpc) is 2.21. The van der Waals surface area contributed by atoms with Gasteiger partial charge in [0.2, 0.25) is 0 Å². The molecule has 70 valence electrons. The van der Waals surface area contributed by atoms with Crippen LogP contribution in [0.4, 0.5) is 0 Å². The molecular formula is C10H15N3. The third-order valence-corrected chi connectivity index (χ3v) is 1.74. The Bertz CT molecular complexity index is 303. The van der Waals surface area contributed by atoms with E-state index in [4.69, 9.17) is 0 Å². The summed E-state index contributed by atoms with van der Waals surface area (Å²) in [5, 5.41) is 8.06. The summed E-state index contributed by atoms with van der Waals surface area (Å²) in [7, 11) is 1.99. The summed E-state index contributed by atoms with van der Waals surface area (Å²) < 4.78 is 2.00. The molecule has 1 aromatic heterocycles. The standard InChI is InChI=1S/C10H15N3/c1-3-7-10-12-11-8-5-4-6-9-13(10)2/h4-6,8-9H,3,7H2,1-2H3. The molecule has 0 amide bonds. The maximum atomic E-state index is 4.12. The molecule has 0 radical (unpaired) electrons. The molecular weight excluding hydrogens is 162 g/mol. The van der Waals surface area contributed by atoms with Crippen LogP contribution in [-0.2, 0) is 13.5 Å². The second-order valence-electron chi connectivity index (χ2n) is 2.87. The molecule has 0 atom stereocenters. The van der Waals surface area contributed by atoms with Crippen molar-refractivity contribution in [2.45, 2.75) is 19.8 Å². The third-order valence-electron chi connectivity index (χ3n) is 1.74. The van der Waals surface area contributed by atoms with Gasteiger partial charge in [0.25, 0.3) is 0 Å². The second-order valence-corrected chi connectivity index (χ2v) is 2.87. The summed E-state index contributed by atoms with van der Waals surface area (Å²) in [5.41, 5.74) is 0. The van der Waals surface area contributed by atoms with Crippen LogP contribution in [0.25, 0.3) is 0 Å². The van der Waals surface area contributed by atoms with Gasteiger partial charge in [0.15, 0.2) is 0 Å². The minimum absolute atomic E-state index is 0.957. The van der Waals surface area contributed by atoms with E-state index in [0.717, 1.165) is 18.7 Å². The van der Waals surface area contributed by atoms with Crippen LogP contribution in [0.5, 0.6) is 0 Å². The minimum Gasteiger partial charge on any atom is -0.338 e. The molecule has 0 bridgehead atoms. The Kier molecular flexibility index (Phi) is 3.96. The van der Waals surface area contributed by atoms with E-state index in [1.807, 2.05) is 36.0 Å². The molecule has 0 aliphatic carbocycles. The van der Waals surface area contributed by atoms with E-state index in [-0.39, 0.29) is 0 Å². The van der Waals surface area contributed by atoms with E-state index >= 15 is 0 Å². The number of hydrogen-bond donors (Lipinski definition) is 0. The van der Waals surface area contributed by atoms with Gasteiger partial charge in [0, 0.05) is 25.9 Å². The van der Waals surface area contributed by atoms with Crippen molar-refractivity contribution in [3.8, 4) is 0 Å². The fourth-order valence-electron chi connectivity index (χ4n) is 1.04. The van der Waals surface area contributed by atoms with E-state index in [2.05, 4.69) is 17.1 Å². The highest BCUT2D eigenvalue weighted by molar-refractivity contribution is 4.90. The van der Waals surface area contributed by atoms with Gasteiger partial charge in [-0.15, -0.1) is 5.10 Å². The number of aromatic nitrogens is 3. The zero-order valence-corrected chi connectivity index (χ0v) is 8.14. The van der Waals surface area contributed by atoms with Crippen molar-refractivity contribution in [2.24, 2.45) is 7.05 Å². The molecule has 0 saturated carbocycles. The van der Waals surface area contributed by atoms with E-state index in [9.17, 15) is 0 Å². The topological polar surface area (TPSA) is 30.7 Å². The lowest BCUT2D eigenvalue weighted by atomic mass is 10.3. The Balaban J connectivity index is 3.13. The van der Waals surface area contributed by atoms with Gasteiger partial charge in [-0.05, 0) is 18.6 Å². The zero-order valence-electron chi connectivity index (χ0n) is 8.14. The average molecular weight is 177 g/mol. The molecule has 1 aromatic rings. The Morgan fingerprint density at radius 1 is 1.31 bits per heavy atom. The van der Waals surface area contributed by atoms with Crippen LogP contribution in [0, 0.1) is 0 Å². The van der Waals surface area contributed by atoms with Gasteiger partial charge in [0.05, 0.1) is 0 Å². The van der Waals surface area contributed by atoms with Gasteiger partial charge in [-0.1, -0.05) is 13.0 Å². The second kappa shape index (κ2) is 5.30. The highest BCUT2D eigenvalue weighted by atomic mass is 15.1. The van der Waals surface area contributed by atoms with Crippen LogP contribution >= 0.6 is 0 Å². The monoisotopic (exact) mass is 177 g/mol. The number of hydrogen-bond acceptors (Lipinski definition) is 2. The van der Waals surface area contributed by atoms with Gasteiger partial charge < -0.3 is 4.57 Å². The molecule has 0 saturated heterocycles. The summed E-state index contributed by atoms with van der Waals surface area (Å²) in [4.78, 5) is 0. The summed E-state index contributed by atoms with van der Waals surface area (Å²) >= 11 is 0. The van der Waals surface area contributed by atoms with Crippen LogP contribution in [-0.4, -0.2) is 14.8 Å². The summed E-state index contributed by atoms with van der Waals surface area (Å²) in [6.07, 6.45) is 5.72. The quantitative estimate of drug-likeness (QED) is 0.690. The zero-order chi connectivity index (χ0) is 9.52. The van der Waals surface area contributed by atoms with Crippen molar-refractivity contribution in [3.63, 3.8) is 0 Å². The predicted octanol–water partition coefficient (Wildman–Crippen LogP) is 1.89. The minimum atomic E-state index is 0.957. The lowest BCUT2D eigenvalue weighted by Gasteiger charge is -2.00. The number of rotatable bonds is 2. The molecule has 0 fully saturated rings. The van der Waals surface area contributed by atoms with Gasteiger partial charge in [-0.3, -0.25) is 0 Å². The van der Waals surface area contributed by atoms with Crippen LogP contribution in [0.15, 0.2) is 30.6 Å².